The number of aryl methyl sites for hydroxylation is 1. The highest BCUT2D eigenvalue weighted by molar-refractivity contribution is 9.11. The summed E-state index contributed by atoms with van der Waals surface area (Å²) >= 11 is 7.18. The van der Waals surface area contributed by atoms with Crippen LogP contribution in [-0.4, -0.2) is 30.8 Å². The number of nitrogens with one attached hydrogen (secondary N) is 1. The molecule has 6 nitrogen and oxygen atoms in total. The Hall–Kier alpha value is -3.23. The topological polar surface area (TPSA) is 68.1 Å². The quantitative estimate of drug-likeness (QED) is 0.123. The molecule has 0 aliphatic carbocycles. The molecule has 0 bridgehead atoms. The first-order chi connectivity index (χ1) is 17.8. The Morgan fingerprint density at radius 2 is 1.84 bits per heavy atom. The molecule has 4 rings (SSSR count). The lowest BCUT2D eigenvalue weighted by Crippen LogP contribution is -2.20. The summed E-state index contributed by atoms with van der Waals surface area (Å²) in [6.07, 6.45) is 1.72. The molecule has 0 fully saturated rings. The van der Waals surface area contributed by atoms with Crippen LogP contribution in [0.2, 0.25) is 0 Å². The number of para-hydroxylation sites is 1. The van der Waals surface area contributed by atoms with E-state index >= 15 is 0 Å². The fourth-order valence-electron chi connectivity index (χ4n) is 3.59. The molecule has 4 aromatic rings. The van der Waals surface area contributed by atoms with Crippen LogP contribution < -0.4 is 14.9 Å². The Kier molecular flexibility index (Phi) is 8.95. The van der Waals surface area contributed by atoms with E-state index in [1.54, 1.807) is 13.3 Å². The zero-order valence-corrected chi connectivity index (χ0v) is 24.3. The number of nitrogens with zero attached hydrogens (tertiary/aromatic N) is 3. The molecule has 8 heteroatoms. The molecule has 0 amide bonds. The number of amidine groups is 1. The number of hydrazone groups is 1. The molecule has 0 radical (unpaired) electrons. The zero-order valence-electron chi connectivity index (χ0n) is 21.1. The monoisotopic (exact) mass is 622 g/mol. The van der Waals surface area contributed by atoms with Crippen LogP contribution in [0.4, 0.5) is 5.69 Å². The standard InChI is InChI=1S/C29H28Br2N4O2/c1-18(2)17-37-26-12-9-20(14-27(26)36-4)16-32-35-29(34-28-19(3)13-22(30)15-23(28)31)25-11-10-21-7-5-6-8-24(21)33-25/h5-16,18H,17H2,1-4H3,(H,34,35)/b32-16+. The lowest BCUT2D eigenvalue weighted by molar-refractivity contribution is 0.257. The largest absolute Gasteiger partial charge is 0.493 e. The van der Waals surface area contributed by atoms with Gasteiger partial charge in [0.25, 0.3) is 0 Å². The third-order valence-electron chi connectivity index (χ3n) is 5.43. The van der Waals surface area contributed by atoms with E-state index in [4.69, 9.17) is 19.5 Å². The van der Waals surface area contributed by atoms with Crippen molar-refractivity contribution in [3.63, 3.8) is 0 Å². The number of benzene rings is 3. The van der Waals surface area contributed by atoms with Crippen LogP contribution in [0.3, 0.4) is 0 Å². The Morgan fingerprint density at radius 1 is 1.03 bits per heavy atom. The van der Waals surface area contributed by atoms with Gasteiger partial charge in [-0.25, -0.2) is 9.98 Å². The maximum atomic E-state index is 5.86. The Balaban J connectivity index is 1.66. The minimum Gasteiger partial charge on any atom is -0.493 e. The smallest absolute Gasteiger partial charge is 0.173 e. The normalized spacial score (nSPS) is 11.9. The maximum absolute atomic E-state index is 5.86. The first-order valence-electron chi connectivity index (χ1n) is 11.8. The van der Waals surface area contributed by atoms with Crippen molar-refractivity contribution in [1.82, 2.24) is 10.4 Å². The molecule has 1 aromatic heterocycles. The number of halogens is 2. The SMILES string of the molecule is COc1cc(/C=N/NC(=Nc2c(C)cc(Br)cc2Br)c2ccc3ccccc3n2)ccc1OCC(C)C. The third-order valence-corrected chi connectivity index (χ3v) is 6.49. The lowest BCUT2D eigenvalue weighted by atomic mass is 10.2. The van der Waals surface area contributed by atoms with Crippen LogP contribution in [-0.2, 0) is 0 Å². The highest BCUT2D eigenvalue weighted by Crippen LogP contribution is 2.33. The summed E-state index contributed by atoms with van der Waals surface area (Å²) in [5.74, 6) is 2.31. The predicted molar refractivity (Wildman–Crippen MR) is 159 cm³/mol. The van der Waals surface area contributed by atoms with Crippen molar-refractivity contribution in [3.05, 3.63) is 92.5 Å². The van der Waals surface area contributed by atoms with Crippen molar-refractivity contribution in [2.45, 2.75) is 20.8 Å². The number of hydrogen-bond donors (Lipinski definition) is 1. The lowest BCUT2D eigenvalue weighted by Gasteiger charge is -2.13. The summed E-state index contributed by atoms with van der Waals surface area (Å²) in [5, 5.41) is 5.54. The summed E-state index contributed by atoms with van der Waals surface area (Å²) < 4.78 is 13.2. The summed E-state index contributed by atoms with van der Waals surface area (Å²) in [4.78, 5) is 9.73. The van der Waals surface area contributed by atoms with Crippen molar-refractivity contribution in [3.8, 4) is 11.5 Å². The number of rotatable bonds is 8. The van der Waals surface area contributed by atoms with Gasteiger partial charge in [-0.3, -0.25) is 5.43 Å². The van der Waals surface area contributed by atoms with E-state index in [-0.39, 0.29) is 0 Å². The second-order valence-corrected chi connectivity index (χ2v) is 10.7. The zero-order chi connectivity index (χ0) is 26.4. The van der Waals surface area contributed by atoms with Crippen molar-refractivity contribution in [1.29, 1.82) is 0 Å². The van der Waals surface area contributed by atoms with Gasteiger partial charge in [-0.2, -0.15) is 5.10 Å². The number of pyridine rings is 1. The number of aromatic nitrogens is 1. The van der Waals surface area contributed by atoms with Gasteiger partial charge < -0.3 is 9.47 Å². The average Bonchev–Trinajstić information content (AvgIpc) is 2.88. The number of hydrogen-bond acceptors (Lipinski definition) is 5. The van der Waals surface area contributed by atoms with Gasteiger partial charge in [0.1, 0.15) is 5.69 Å². The third kappa shape index (κ3) is 6.96. The van der Waals surface area contributed by atoms with Crippen molar-refractivity contribution < 1.29 is 9.47 Å². The molecule has 0 saturated carbocycles. The molecule has 0 spiro atoms. The Bertz CT molecular complexity index is 1440. The first-order valence-corrected chi connectivity index (χ1v) is 13.4. The molecule has 0 saturated heterocycles. The molecule has 0 unspecified atom stereocenters. The first kappa shape index (κ1) is 26.8. The summed E-state index contributed by atoms with van der Waals surface area (Å²) in [6.45, 7) is 6.85. The van der Waals surface area contributed by atoms with Crippen molar-refractivity contribution in [2.75, 3.05) is 13.7 Å². The number of aliphatic imine (C=N–C) groups is 1. The van der Waals surface area contributed by atoms with Gasteiger partial charge in [-0.15, -0.1) is 0 Å². The molecule has 0 aliphatic heterocycles. The number of ether oxygens (including phenoxy) is 2. The fourth-order valence-corrected chi connectivity index (χ4v) is 5.12. The van der Waals surface area contributed by atoms with Crippen LogP contribution in [0.1, 0.15) is 30.7 Å². The van der Waals surface area contributed by atoms with Crippen LogP contribution in [0.5, 0.6) is 11.5 Å². The molecule has 37 heavy (non-hydrogen) atoms. The average molecular weight is 624 g/mol. The molecular formula is C29H28Br2N4O2. The van der Waals surface area contributed by atoms with E-state index < -0.39 is 0 Å². The van der Waals surface area contributed by atoms with Gasteiger partial charge in [0, 0.05) is 14.3 Å². The van der Waals surface area contributed by atoms with E-state index in [9.17, 15) is 0 Å². The molecule has 0 aliphatic rings. The van der Waals surface area contributed by atoms with Crippen LogP contribution >= 0.6 is 31.9 Å². The second kappa shape index (κ2) is 12.3. The van der Waals surface area contributed by atoms with Gasteiger partial charge >= 0.3 is 0 Å². The van der Waals surface area contributed by atoms with Gasteiger partial charge in [-0.1, -0.05) is 54.0 Å². The predicted octanol–water partition coefficient (Wildman–Crippen LogP) is 7.81. The molecule has 0 atom stereocenters. The number of methoxy groups -OCH3 is 1. The Labute approximate surface area is 234 Å². The van der Waals surface area contributed by atoms with E-state index in [2.05, 4.69) is 56.2 Å². The minimum absolute atomic E-state index is 0.422. The van der Waals surface area contributed by atoms with E-state index in [1.165, 1.54) is 0 Å². The van der Waals surface area contributed by atoms with Gasteiger partial charge in [0.05, 0.1) is 31.1 Å². The Morgan fingerprint density at radius 3 is 2.59 bits per heavy atom. The summed E-state index contributed by atoms with van der Waals surface area (Å²) in [6, 6.07) is 21.7. The van der Waals surface area contributed by atoms with Gasteiger partial charge in [0.15, 0.2) is 17.3 Å². The maximum Gasteiger partial charge on any atom is 0.173 e. The minimum atomic E-state index is 0.422. The molecule has 1 heterocycles. The van der Waals surface area contributed by atoms with Gasteiger partial charge in [0.2, 0.25) is 0 Å². The van der Waals surface area contributed by atoms with Crippen molar-refractivity contribution in [2.24, 2.45) is 16.0 Å². The van der Waals surface area contributed by atoms with E-state index in [0.717, 1.165) is 36.7 Å². The van der Waals surface area contributed by atoms with E-state index in [0.29, 0.717) is 35.6 Å². The van der Waals surface area contributed by atoms with Crippen LogP contribution in [0.15, 0.2) is 85.8 Å². The van der Waals surface area contributed by atoms with Gasteiger partial charge in [-0.05, 0) is 82.4 Å². The van der Waals surface area contributed by atoms with E-state index in [1.807, 2.05) is 73.7 Å². The molecule has 1 N–H and O–H groups in total. The summed E-state index contributed by atoms with van der Waals surface area (Å²) in [5.41, 5.74) is 7.33. The van der Waals surface area contributed by atoms with Crippen LogP contribution in [0, 0.1) is 12.8 Å². The highest BCUT2D eigenvalue weighted by Gasteiger charge is 2.11. The fraction of sp³-hybridized carbons (Fsp3) is 0.207. The van der Waals surface area contributed by atoms with Crippen molar-refractivity contribution >= 4 is 60.5 Å². The summed E-state index contributed by atoms with van der Waals surface area (Å²) in [7, 11) is 1.63. The highest BCUT2D eigenvalue weighted by atomic mass is 79.9. The molecule has 190 valence electrons. The molecule has 3 aromatic carbocycles. The van der Waals surface area contributed by atoms with Crippen LogP contribution in [0.25, 0.3) is 10.9 Å². The molecular weight excluding hydrogens is 596 g/mol. The number of fused-ring (bicyclic) bond motifs is 1. The second-order valence-electron chi connectivity index (χ2n) is 8.89.